The zero-order valence-electron chi connectivity index (χ0n) is 21.6. The molecule has 3 aromatic carbocycles. The number of aromatic nitrogens is 3. The Morgan fingerprint density at radius 1 is 0.897 bits per heavy atom. The number of hydrogen-bond donors (Lipinski definition) is 0. The minimum absolute atomic E-state index is 0.0319. The molecular formula is C29H25F2N3O4S. The van der Waals surface area contributed by atoms with E-state index in [-0.39, 0.29) is 10.6 Å². The number of oxazole rings is 1. The fourth-order valence-electron chi connectivity index (χ4n) is 4.48. The van der Waals surface area contributed by atoms with Crippen LogP contribution in [0.15, 0.2) is 82.2 Å². The van der Waals surface area contributed by atoms with Gasteiger partial charge in [0.1, 0.15) is 17.3 Å². The molecular weight excluding hydrogens is 524 g/mol. The lowest BCUT2D eigenvalue weighted by molar-refractivity contribution is -0.0498. The lowest BCUT2D eigenvalue weighted by Gasteiger charge is -2.14. The first-order valence-electron chi connectivity index (χ1n) is 12.0. The van der Waals surface area contributed by atoms with Crippen LogP contribution in [-0.2, 0) is 9.84 Å². The maximum atomic E-state index is 12.6. The van der Waals surface area contributed by atoms with Crippen molar-refractivity contribution in [3.8, 4) is 45.1 Å². The van der Waals surface area contributed by atoms with E-state index in [1.807, 2.05) is 48.9 Å². The predicted octanol–water partition coefficient (Wildman–Crippen LogP) is 6.79. The molecule has 0 aliphatic carbocycles. The number of hydrogen-bond acceptors (Lipinski definition) is 6. The van der Waals surface area contributed by atoms with Crippen molar-refractivity contribution in [1.82, 2.24) is 14.5 Å². The predicted molar refractivity (Wildman–Crippen MR) is 144 cm³/mol. The average molecular weight is 550 g/mol. The van der Waals surface area contributed by atoms with E-state index in [0.29, 0.717) is 22.9 Å². The number of aryl methyl sites for hydroxylation is 3. The molecule has 0 saturated carbocycles. The minimum Gasteiger partial charge on any atom is -0.440 e. The summed E-state index contributed by atoms with van der Waals surface area (Å²) in [5.41, 5.74) is 5.02. The van der Waals surface area contributed by atoms with Gasteiger partial charge in [-0.2, -0.15) is 8.78 Å². The molecule has 5 rings (SSSR count). The van der Waals surface area contributed by atoms with Crippen LogP contribution in [0, 0.1) is 20.8 Å². The first-order valence-corrected chi connectivity index (χ1v) is 13.9. The standard InChI is InChI=1S/C29H25F2N3O4S/c1-17-16-34(18(2)32-17)26-13-10-22(21-6-5-7-24(14-21)39(4,35)36)15-25(26)27-28(37-19(3)33-27)20-8-11-23(12-9-20)38-29(30)31/h5-16,29H,1-4H3. The molecule has 39 heavy (non-hydrogen) atoms. The number of ether oxygens (including phenoxy) is 1. The summed E-state index contributed by atoms with van der Waals surface area (Å²) in [6.07, 6.45) is 3.09. The van der Waals surface area contributed by atoms with E-state index in [1.54, 1.807) is 37.3 Å². The molecule has 2 aromatic heterocycles. The van der Waals surface area contributed by atoms with Crippen molar-refractivity contribution in [3.05, 3.63) is 90.3 Å². The molecule has 0 amide bonds. The smallest absolute Gasteiger partial charge is 0.387 e. The summed E-state index contributed by atoms with van der Waals surface area (Å²) in [7, 11) is -3.40. The average Bonchev–Trinajstić information content (AvgIpc) is 3.44. The molecule has 0 unspecified atom stereocenters. The van der Waals surface area contributed by atoms with Crippen LogP contribution in [-0.4, -0.2) is 35.8 Å². The van der Waals surface area contributed by atoms with Crippen molar-refractivity contribution in [2.45, 2.75) is 32.3 Å². The molecule has 0 atom stereocenters. The summed E-state index contributed by atoms with van der Waals surface area (Å²) in [5, 5.41) is 0. The number of benzene rings is 3. The van der Waals surface area contributed by atoms with Crippen molar-refractivity contribution in [2.75, 3.05) is 6.26 Å². The lowest BCUT2D eigenvalue weighted by atomic mass is 9.98. The van der Waals surface area contributed by atoms with Crippen molar-refractivity contribution < 1.29 is 26.4 Å². The number of rotatable bonds is 7. The summed E-state index contributed by atoms with van der Waals surface area (Å²) < 4.78 is 62.1. The molecule has 0 N–H and O–H groups in total. The van der Waals surface area contributed by atoms with Gasteiger partial charge in [0.2, 0.25) is 0 Å². The van der Waals surface area contributed by atoms with E-state index in [0.717, 1.165) is 33.9 Å². The highest BCUT2D eigenvalue weighted by molar-refractivity contribution is 7.90. The van der Waals surface area contributed by atoms with Crippen LogP contribution in [0.1, 0.15) is 17.4 Å². The van der Waals surface area contributed by atoms with Gasteiger partial charge >= 0.3 is 6.61 Å². The maximum absolute atomic E-state index is 12.6. The van der Waals surface area contributed by atoms with Crippen LogP contribution < -0.4 is 4.74 Å². The molecule has 200 valence electrons. The Hall–Kier alpha value is -4.31. The van der Waals surface area contributed by atoms with Gasteiger partial charge in [-0.15, -0.1) is 0 Å². The molecule has 5 aromatic rings. The molecule has 2 heterocycles. The summed E-state index contributed by atoms with van der Waals surface area (Å²) in [5.74, 6) is 1.68. The second-order valence-electron chi connectivity index (χ2n) is 9.14. The van der Waals surface area contributed by atoms with E-state index in [1.165, 1.54) is 18.4 Å². The van der Waals surface area contributed by atoms with E-state index < -0.39 is 16.4 Å². The Morgan fingerprint density at radius 2 is 1.59 bits per heavy atom. The summed E-state index contributed by atoms with van der Waals surface area (Å²) in [6, 6.07) is 18.7. The van der Waals surface area contributed by atoms with Gasteiger partial charge in [-0.1, -0.05) is 18.2 Å². The maximum Gasteiger partial charge on any atom is 0.387 e. The van der Waals surface area contributed by atoms with E-state index in [9.17, 15) is 17.2 Å². The highest BCUT2D eigenvalue weighted by Crippen LogP contribution is 2.39. The Balaban J connectivity index is 1.71. The molecule has 0 fully saturated rings. The second kappa shape index (κ2) is 10.1. The third-order valence-corrected chi connectivity index (χ3v) is 7.30. The quantitative estimate of drug-likeness (QED) is 0.222. The van der Waals surface area contributed by atoms with Gasteiger partial charge in [-0.3, -0.25) is 0 Å². The van der Waals surface area contributed by atoms with Gasteiger partial charge in [-0.05, 0) is 73.5 Å². The van der Waals surface area contributed by atoms with Crippen LogP contribution in [0.5, 0.6) is 5.75 Å². The van der Waals surface area contributed by atoms with Gasteiger partial charge in [0.05, 0.1) is 16.3 Å². The molecule has 0 aliphatic rings. The van der Waals surface area contributed by atoms with Gasteiger partial charge < -0.3 is 13.7 Å². The zero-order valence-corrected chi connectivity index (χ0v) is 22.5. The molecule has 0 aliphatic heterocycles. The summed E-state index contributed by atoms with van der Waals surface area (Å²) in [6.45, 7) is 2.61. The topological polar surface area (TPSA) is 87.2 Å². The molecule has 7 nitrogen and oxygen atoms in total. The first kappa shape index (κ1) is 26.3. The summed E-state index contributed by atoms with van der Waals surface area (Å²) >= 11 is 0. The molecule has 0 spiro atoms. The van der Waals surface area contributed by atoms with Crippen LogP contribution in [0.4, 0.5) is 8.78 Å². The van der Waals surface area contributed by atoms with Crippen molar-refractivity contribution in [1.29, 1.82) is 0 Å². The Morgan fingerprint density at radius 3 is 2.23 bits per heavy atom. The lowest BCUT2D eigenvalue weighted by Crippen LogP contribution is -2.01. The fraction of sp³-hybridized carbons (Fsp3) is 0.172. The summed E-state index contributed by atoms with van der Waals surface area (Å²) in [4.78, 5) is 9.45. The Bertz CT molecular complexity index is 1770. The zero-order chi connectivity index (χ0) is 27.9. The largest absolute Gasteiger partial charge is 0.440 e. The highest BCUT2D eigenvalue weighted by Gasteiger charge is 2.21. The van der Waals surface area contributed by atoms with Gasteiger partial charge in [0.25, 0.3) is 0 Å². The SMILES string of the molecule is Cc1cn(-c2ccc(-c3cccc(S(C)(=O)=O)c3)cc2-c2nc(C)oc2-c2ccc(OC(F)F)cc2)c(C)n1. The van der Waals surface area contributed by atoms with Crippen LogP contribution in [0.2, 0.25) is 0 Å². The molecule has 0 bridgehead atoms. The monoisotopic (exact) mass is 549 g/mol. The van der Waals surface area contributed by atoms with E-state index >= 15 is 0 Å². The molecule has 10 heteroatoms. The molecule has 0 radical (unpaired) electrons. The van der Waals surface area contributed by atoms with E-state index in [4.69, 9.17) is 9.40 Å². The number of imidazole rings is 1. The number of sulfone groups is 1. The van der Waals surface area contributed by atoms with Crippen LogP contribution >= 0.6 is 0 Å². The Labute approximate surface area is 224 Å². The third kappa shape index (κ3) is 5.46. The van der Waals surface area contributed by atoms with E-state index in [2.05, 4.69) is 9.72 Å². The van der Waals surface area contributed by atoms with Gasteiger partial charge in [-0.25, -0.2) is 18.4 Å². The van der Waals surface area contributed by atoms with Crippen molar-refractivity contribution in [3.63, 3.8) is 0 Å². The normalized spacial score (nSPS) is 11.8. The number of nitrogens with zero attached hydrogens (tertiary/aromatic N) is 3. The van der Waals surface area contributed by atoms with Crippen LogP contribution in [0.25, 0.3) is 39.4 Å². The van der Waals surface area contributed by atoms with Crippen LogP contribution in [0.3, 0.4) is 0 Å². The van der Waals surface area contributed by atoms with Gasteiger partial charge in [0, 0.05) is 30.5 Å². The molecule has 0 saturated heterocycles. The highest BCUT2D eigenvalue weighted by atomic mass is 32.2. The van der Waals surface area contributed by atoms with Gasteiger partial charge in [0.15, 0.2) is 21.5 Å². The minimum atomic E-state index is -3.40. The number of halogens is 2. The van der Waals surface area contributed by atoms with Crippen molar-refractivity contribution >= 4 is 9.84 Å². The fourth-order valence-corrected chi connectivity index (χ4v) is 5.14. The van der Waals surface area contributed by atoms with Crippen molar-refractivity contribution in [2.24, 2.45) is 0 Å². The first-order chi connectivity index (χ1) is 18.5. The third-order valence-electron chi connectivity index (χ3n) is 6.19. The second-order valence-corrected chi connectivity index (χ2v) is 11.2. The Kier molecular flexibility index (Phi) is 6.82. The number of alkyl halides is 2.